The maximum Gasteiger partial charge on any atom is 0.228 e. The minimum atomic E-state index is -0.362. The Kier molecular flexibility index (Phi) is 3.80. The molecular formula is C15H15FN2O. The second kappa shape index (κ2) is 5.52. The van der Waals surface area contributed by atoms with Crippen LogP contribution in [-0.4, -0.2) is 5.91 Å². The minimum Gasteiger partial charge on any atom is -0.399 e. The van der Waals surface area contributed by atoms with Gasteiger partial charge in [-0.1, -0.05) is 12.1 Å². The molecule has 19 heavy (non-hydrogen) atoms. The number of nitrogen functional groups attached to an aromatic ring is 1. The Morgan fingerprint density at radius 2 is 2.05 bits per heavy atom. The molecule has 0 aliphatic rings. The Labute approximate surface area is 111 Å². The SMILES string of the molecule is Cc1cc(F)cc(NC(=O)Cc2cccc(N)c2)c1. The Morgan fingerprint density at radius 1 is 1.26 bits per heavy atom. The summed E-state index contributed by atoms with van der Waals surface area (Å²) in [5, 5.41) is 2.67. The summed E-state index contributed by atoms with van der Waals surface area (Å²) >= 11 is 0. The highest BCUT2D eigenvalue weighted by molar-refractivity contribution is 5.92. The van der Waals surface area contributed by atoms with E-state index in [9.17, 15) is 9.18 Å². The van der Waals surface area contributed by atoms with Gasteiger partial charge in [0.2, 0.25) is 5.91 Å². The van der Waals surface area contributed by atoms with Crippen LogP contribution in [0.1, 0.15) is 11.1 Å². The quantitative estimate of drug-likeness (QED) is 0.832. The maximum atomic E-state index is 13.2. The average molecular weight is 258 g/mol. The number of nitrogens with one attached hydrogen (secondary N) is 1. The molecule has 0 saturated heterocycles. The van der Waals surface area contributed by atoms with Crippen molar-refractivity contribution in [3.63, 3.8) is 0 Å². The third-order valence-corrected chi connectivity index (χ3v) is 2.64. The molecule has 1 amide bonds. The van der Waals surface area contributed by atoms with E-state index < -0.39 is 0 Å². The Balaban J connectivity index is 2.05. The van der Waals surface area contributed by atoms with Crippen molar-refractivity contribution in [1.29, 1.82) is 0 Å². The molecular weight excluding hydrogens is 243 g/mol. The van der Waals surface area contributed by atoms with Crippen LogP contribution in [0, 0.1) is 12.7 Å². The predicted molar refractivity (Wildman–Crippen MR) is 74.3 cm³/mol. The van der Waals surface area contributed by atoms with Crippen LogP contribution in [0.25, 0.3) is 0 Å². The summed E-state index contributed by atoms with van der Waals surface area (Å²) in [6.45, 7) is 1.77. The maximum absolute atomic E-state index is 13.2. The Bertz CT molecular complexity index is 591. The summed E-state index contributed by atoms with van der Waals surface area (Å²) in [4.78, 5) is 11.8. The topological polar surface area (TPSA) is 55.1 Å². The van der Waals surface area contributed by atoms with Crippen molar-refractivity contribution in [1.82, 2.24) is 0 Å². The predicted octanol–water partition coefficient (Wildman–Crippen LogP) is 2.90. The molecule has 2 aromatic carbocycles. The summed E-state index contributed by atoms with van der Waals surface area (Å²) in [7, 11) is 0. The monoisotopic (exact) mass is 258 g/mol. The molecule has 0 radical (unpaired) electrons. The number of hydrogen-bond acceptors (Lipinski definition) is 2. The van der Waals surface area contributed by atoms with Crippen molar-refractivity contribution in [2.45, 2.75) is 13.3 Å². The van der Waals surface area contributed by atoms with Crippen molar-refractivity contribution >= 4 is 17.3 Å². The lowest BCUT2D eigenvalue weighted by Gasteiger charge is -2.07. The number of rotatable bonds is 3. The molecule has 0 aliphatic carbocycles. The summed E-state index contributed by atoms with van der Waals surface area (Å²) in [5.74, 6) is -0.560. The highest BCUT2D eigenvalue weighted by Crippen LogP contribution is 2.14. The summed E-state index contributed by atoms with van der Waals surface area (Å²) < 4.78 is 13.2. The zero-order valence-corrected chi connectivity index (χ0v) is 10.6. The summed E-state index contributed by atoms with van der Waals surface area (Å²) in [6, 6.07) is 11.6. The first kappa shape index (κ1) is 13.1. The molecule has 0 aliphatic heterocycles. The third-order valence-electron chi connectivity index (χ3n) is 2.64. The number of nitrogens with two attached hydrogens (primary N) is 1. The van der Waals surface area contributed by atoms with E-state index in [1.807, 2.05) is 6.07 Å². The molecule has 0 atom stereocenters. The largest absolute Gasteiger partial charge is 0.399 e. The zero-order chi connectivity index (χ0) is 13.8. The molecule has 98 valence electrons. The fraction of sp³-hybridized carbons (Fsp3) is 0.133. The van der Waals surface area contributed by atoms with Crippen LogP contribution in [0.4, 0.5) is 15.8 Å². The van der Waals surface area contributed by atoms with Gasteiger partial charge in [0.15, 0.2) is 0 Å². The van der Waals surface area contributed by atoms with Crippen LogP contribution in [0.3, 0.4) is 0 Å². The first-order chi connectivity index (χ1) is 9.02. The van der Waals surface area contributed by atoms with E-state index in [1.54, 1.807) is 31.2 Å². The van der Waals surface area contributed by atoms with E-state index >= 15 is 0 Å². The normalized spacial score (nSPS) is 10.2. The Hall–Kier alpha value is -2.36. The molecule has 3 nitrogen and oxygen atoms in total. The van der Waals surface area contributed by atoms with Crippen LogP contribution < -0.4 is 11.1 Å². The fourth-order valence-electron chi connectivity index (χ4n) is 1.90. The molecule has 0 bridgehead atoms. The number of anilines is 2. The van der Waals surface area contributed by atoms with Crippen molar-refractivity contribution < 1.29 is 9.18 Å². The summed E-state index contributed by atoms with van der Waals surface area (Å²) in [5.41, 5.74) is 8.31. The third kappa shape index (κ3) is 3.81. The van der Waals surface area contributed by atoms with E-state index in [0.717, 1.165) is 11.1 Å². The van der Waals surface area contributed by atoms with Crippen LogP contribution in [0.2, 0.25) is 0 Å². The van der Waals surface area contributed by atoms with Crippen molar-refractivity contribution in [2.24, 2.45) is 0 Å². The molecule has 0 saturated carbocycles. The van der Waals surface area contributed by atoms with Gasteiger partial charge >= 0.3 is 0 Å². The van der Waals surface area contributed by atoms with E-state index in [1.165, 1.54) is 12.1 Å². The van der Waals surface area contributed by atoms with E-state index in [2.05, 4.69) is 5.32 Å². The molecule has 3 N–H and O–H groups in total. The van der Waals surface area contributed by atoms with Crippen molar-refractivity contribution in [3.8, 4) is 0 Å². The van der Waals surface area contributed by atoms with Gasteiger partial charge in [-0.2, -0.15) is 0 Å². The van der Waals surface area contributed by atoms with Gasteiger partial charge in [-0.25, -0.2) is 4.39 Å². The van der Waals surface area contributed by atoms with Crippen molar-refractivity contribution in [2.75, 3.05) is 11.1 Å². The lowest BCUT2D eigenvalue weighted by Crippen LogP contribution is -2.14. The first-order valence-corrected chi connectivity index (χ1v) is 5.94. The second-order valence-electron chi connectivity index (χ2n) is 4.49. The average Bonchev–Trinajstić information content (AvgIpc) is 2.26. The van der Waals surface area contributed by atoms with Gasteiger partial charge in [0.05, 0.1) is 6.42 Å². The molecule has 0 unspecified atom stereocenters. The molecule has 4 heteroatoms. The number of amides is 1. The molecule has 0 spiro atoms. The lowest BCUT2D eigenvalue weighted by molar-refractivity contribution is -0.115. The van der Waals surface area contributed by atoms with E-state index in [4.69, 9.17) is 5.73 Å². The van der Waals surface area contributed by atoms with Gasteiger partial charge < -0.3 is 11.1 Å². The first-order valence-electron chi connectivity index (χ1n) is 5.94. The highest BCUT2D eigenvalue weighted by Gasteiger charge is 2.06. The van der Waals surface area contributed by atoms with Crippen molar-refractivity contribution in [3.05, 3.63) is 59.4 Å². The number of benzene rings is 2. The number of halogens is 1. The van der Waals surface area contributed by atoms with Crippen LogP contribution in [-0.2, 0) is 11.2 Å². The molecule has 0 fully saturated rings. The van der Waals surface area contributed by atoms with E-state index in [0.29, 0.717) is 11.4 Å². The molecule has 2 aromatic rings. The number of hydrogen-bond donors (Lipinski definition) is 2. The standard InChI is InChI=1S/C15H15FN2O/c1-10-5-12(16)9-14(6-10)18-15(19)8-11-3-2-4-13(17)7-11/h2-7,9H,8,17H2,1H3,(H,18,19). The van der Waals surface area contributed by atoms with Crippen LogP contribution in [0.5, 0.6) is 0 Å². The lowest BCUT2D eigenvalue weighted by atomic mass is 10.1. The fourth-order valence-corrected chi connectivity index (χ4v) is 1.90. The van der Waals surface area contributed by atoms with E-state index in [-0.39, 0.29) is 18.1 Å². The Morgan fingerprint density at radius 3 is 2.74 bits per heavy atom. The van der Waals surface area contributed by atoms with Crippen LogP contribution >= 0.6 is 0 Å². The molecule has 0 heterocycles. The minimum absolute atomic E-state index is 0.199. The van der Waals surface area contributed by atoms with Gasteiger partial charge in [0, 0.05) is 11.4 Å². The zero-order valence-electron chi connectivity index (χ0n) is 10.6. The van der Waals surface area contributed by atoms with Gasteiger partial charge in [-0.15, -0.1) is 0 Å². The summed E-state index contributed by atoms with van der Waals surface area (Å²) in [6.07, 6.45) is 0.209. The van der Waals surface area contributed by atoms with Gasteiger partial charge in [-0.3, -0.25) is 4.79 Å². The highest BCUT2D eigenvalue weighted by atomic mass is 19.1. The number of aryl methyl sites for hydroxylation is 1. The smallest absolute Gasteiger partial charge is 0.228 e. The van der Waals surface area contributed by atoms with Gasteiger partial charge in [0.1, 0.15) is 5.82 Å². The van der Waals surface area contributed by atoms with Gasteiger partial charge in [0.25, 0.3) is 0 Å². The molecule has 0 aromatic heterocycles. The van der Waals surface area contributed by atoms with Crippen LogP contribution in [0.15, 0.2) is 42.5 Å². The molecule has 2 rings (SSSR count). The second-order valence-corrected chi connectivity index (χ2v) is 4.49. The number of carbonyl (C=O) groups is 1. The number of carbonyl (C=O) groups excluding carboxylic acids is 1. The van der Waals surface area contributed by atoms with Gasteiger partial charge in [-0.05, 0) is 48.4 Å².